The number of benzene rings is 2. The molecule has 0 spiro atoms. The predicted molar refractivity (Wildman–Crippen MR) is 105 cm³/mol. The van der Waals surface area contributed by atoms with E-state index < -0.39 is 11.4 Å². The van der Waals surface area contributed by atoms with Crippen molar-refractivity contribution < 1.29 is 9.13 Å². The first kappa shape index (κ1) is 19.1. The molecule has 0 saturated heterocycles. The maximum atomic E-state index is 14.0. The number of ether oxygens (including phenoxy) is 1. The highest BCUT2D eigenvalue weighted by molar-refractivity contribution is 7.07. The molecule has 0 aliphatic carbocycles. The molecule has 0 saturated carbocycles. The summed E-state index contributed by atoms with van der Waals surface area (Å²) in [5.74, 6) is 0.174. The van der Waals surface area contributed by atoms with E-state index in [9.17, 15) is 19.7 Å². The van der Waals surface area contributed by atoms with Gasteiger partial charge in [-0.25, -0.2) is 4.39 Å². The molecule has 3 aromatic rings. The van der Waals surface area contributed by atoms with Gasteiger partial charge in [0.1, 0.15) is 28.4 Å². The second-order valence-electron chi connectivity index (χ2n) is 5.60. The van der Waals surface area contributed by atoms with E-state index in [1.54, 1.807) is 42.5 Å². The summed E-state index contributed by atoms with van der Waals surface area (Å²) in [6.45, 7) is 2.37. The third kappa shape index (κ3) is 3.71. The zero-order chi connectivity index (χ0) is 20.1. The van der Waals surface area contributed by atoms with Crippen LogP contribution in [0, 0.1) is 28.5 Å². The Bertz CT molecular complexity index is 1260. The standard InChI is InChI=1S/C21H14FN3O2S/c1-2-27-17-9-7-16(8-10-17)25-20(26)19(28-21(25)15(12-23)13-24)11-14-5-3-4-6-18(14)22/h3-11H,2H2,1H3/b19-11+. The Morgan fingerprint density at radius 1 is 1.18 bits per heavy atom. The third-order valence-corrected chi connectivity index (χ3v) is 4.95. The van der Waals surface area contributed by atoms with E-state index in [2.05, 4.69) is 0 Å². The zero-order valence-corrected chi connectivity index (χ0v) is 15.7. The quantitative estimate of drug-likeness (QED) is 0.684. The molecule has 0 atom stereocenters. The van der Waals surface area contributed by atoms with Gasteiger partial charge >= 0.3 is 0 Å². The van der Waals surface area contributed by atoms with Crippen LogP contribution in [0.25, 0.3) is 17.3 Å². The van der Waals surface area contributed by atoms with Gasteiger partial charge in [0.15, 0.2) is 5.57 Å². The molecule has 2 aromatic carbocycles. The van der Waals surface area contributed by atoms with Gasteiger partial charge in [-0.2, -0.15) is 10.5 Å². The minimum absolute atomic E-state index is 0.191. The van der Waals surface area contributed by atoms with Crippen molar-refractivity contribution in [2.45, 2.75) is 6.92 Å². The topological polar surface area (TPSA) is 78.8 Å². The maximum absolute atomic E-state index is 14.0. The number of rotatable bonds is 4. The highest BCUT2D eigenvalue weighted by atomic mass is 32.1. The molecule has 0 radical (unpaired) electrons. The van der Waals surface area contributed by atoms with Crippen LogP contribution >= 0.6 is 11.3 Å². The SMILES string of the molecule is CCOc1ccc(-n2c(=C(C#N)C#N)s/c(=C/c3ccccc3F)c2=O)cc1. The van der Waals surface area contributed by atoms with Crippen molar-refractivity contribution in [2.75, 3.05) is 6.61 Å². The molecule has 1 heterocycles. The van der Waals surface area contributed by atoms with E-state index in [1.807, 2.05) is 19.1 Å². The molecular formula is C21H14FN3O2S. The molecule has 0 aliphatic rings. The van der Waals surface area contributed by atoms with E-state index in [4.69, 9.17) is 4.74 Å². The van der Waals surface area contributed by atoms with Crippen molar-refractivity contribution in [3.63, 3.8) is 0 Å². The van der Waals surface area contributed by atoms with Crippen LogP contribution in [0.3, 0.4) is 0 Å². The molecule has 5 nitrogen and oxygen atoms in total. The Hall–Kier alpha value is -3.68. The van der Waals surface area contributed by atoms with Crippen molar-refractivity contribution >= 4 is 23.0 Å². The van der Waals surface area contributed by atoms with Crippen LogP contribution in [0.2, 0.25) is 0 Å². The molecule has 0 unspecified atom stereocenters. The van der Waals surface area contributed by atoms with Gasteiger partial charge in [-0.1, -0.05) is 18.2 Å². The Morgan fingerprint density at radius 3 is 2.46 bits per heavy atom. The van der Waals surface area contributed by atoms with E-state index in [0.29, 0.717) is 18.0 Å². The lowest BCUT2D eigenvalue weighted by Gasteiger charge is -2.05. The van der Waals surface area contributed by atoms with Gasteiger partial charge in [-0.3, -0.25) is 9.36 Å². The van der Waals surface area contributed by atoms with Crippen LogP contribution in [-0.4, -0.2) is 11.2 Å². The first-order valence-electron chi connectivity index (χ1n) is 8.35. The molecule has 0 amide bonds. The van der Waals surface area contributed by atoms with Gasteiger partial charge in [-0.05, 0) is 43.3 Å². The molecule has 0 bridgehead atoms. The zero-order valence-electron chi connectivity index (χ0n) is 14.8. The number of nitriles is 2. The Balaban J connectivity index is 2.31. The Kier molecular flexibility index (Phi) is 5.69. The fourth-order valence-corrected chi connectivity index (χ4v) is 3.64. The average molecular weight is 391 g/mol. The lowest BCUT2D eigenvalue weighted by Crippen LogP contribution is -2.30. The molecule has 0 fully saturated rings. The summed E-state index contributed by atoms with van der Waals surface area (Å²) in [4.78, 5) is 13.0. The van der Waals surface area contributed by atoms with Crippen LogP contribution in [0.5, 0.6) is 5.75 Å². The second-order valence-corrected chi connectivity index (χ2v) is 6.63. The number of hydrogen-bond donors (Lipinski definition) is 0. The van der Waals surface area contributed by atoms with Crippen LogP contribution < -0.4 is 19.5 Å². The number of thiazole rings is 1. The number of nitrogens with zero attached hydrogens (tertiary/aromatic N) is 3. The number of hydrogen-bond acceptors (Lipinski definition) is 5. The summed E-state index contributed by atoms with van der Waals surface area (Å²) >= 11 is 0.971. The van der Waals surface area contributed by atoms with Crippen LogP contribution in [-0.2, 0) is 0 Å². The van der Waals surface area contributed by atoms with Crippen molar-refractivity contribution in [2.24, 2.45) is 0 Å². The average Bonchev–Trinajstić information content (AvgIpc) is 3.02. The molecule has 7 heteroatoms. The fourth-order valence-electron chi connectivity index (χ4n) is 2.60. The van der Waals surface area contributed by atoms with Gasteiger partial charge in [0.05, 0.1) is 16.8 Å². The van der Waals surface area contributed by atoms with Crippen LogP contribution in [0.4, 0.5) is 4.39 Å². The van der Waals surface area contributed by atoms with Gasteiger partial charge < -0.3 is 4.74 Å². The largest absolute Gasteiger partial charge is 0.494 e. The molecular weight excluding hydrogens is 377 g/mol. The Morgan fingerprint density at radius 2 is 1.86 bits per heavy atom. The Labute approximate surface area is 164 Å². The van der Waals surface area contributed by atoms with Crippen molar-refractivity contribution in [3.8, 4) is 23.6 Å². The fraction of sp³-hybridized carbons (Fsp3) is 0.0952. The van der Waals surface area contributed by atoms with Crippen LogP contribution in [0.1, 0.15) is 12.5 Å². The molecule has 3 rings (SSSR count). The monoisotopic (exact) mass is 391 g/mol. The van der Waals surface area contributed by atoms with Crippen molar-refractivity contribution in [3.05, 3.63) is 79.5 Å². The highest BCUT2D eigenvalue weighted by Crippen LogP contribution is 2.14. The number of aromatic nitrogens is 1. The summed E-state index contributed by atoms with van der Waals surface area (Å²) in [6.07, 6.45) is 1.42. The number of halogens is 1. The molecule has 1 aromatic heterocycles. The summed E-state index contributed by atoms with van der Waals surface area (Å²) < 4.78 is 21.1. The third-order valence-electron chi connectivity index (χ3n) is 3.86. The first-order valence-corrected chi connectivity index (χ1v) is 9.16. The molecule has 0 aliphatic heterocycles. The smallest absolute Gasteiger partial charge is 0.273 e. The normalized spacial score (nSPS) is 10.9. The summed E-state index contributed by atoms with van der Waals surface area (Å²) in [7, 11) is 0. The first-order chi connectivity index (χ1) is 13.6. The highest BCUT2D eigenvalue weighted by Gasteiger charge is 2.12. The lowest BCUT2D eigenvalue weighted by molar-refractivity contribution is 0.340. The maximum Gasteiger partial charge on any atom is 0.273 e. The van der Waals surface area contributed by atoms with Gasteiger partial charge in [0.2, 0.25) is 0 Å². The minimum Gasteiger partial charge on any atom is -0.494 e. The van der Waals surface area contributed by atoms with Crippen molar-refractivity contribution in [1.29, 1.82) is 10.5 Å². The van der Waals surface area contributed by atoms with E-state index in [0.717, 1.165) is 11.3 Å². The summed E-state index contributed by atoms with van der Waals surface area (Å²) in [5.41, 5.74) is 0.108. The van der Waals surface area contributed by atoms with E-state index >= 15 is 0 Å². The summed E-state index contributed by atoms with van der Waals surface area (Å²) in [6, 6.07) is 16.4. The van der Waals surface area contributed by atoms with Crippen LogP contribution in [0.15, 0.2) is 53.3 Å². The minimum atomic E-state index is -0.464. The van der Waals surface area contributed by atoms with Gasteiger partial charge in [0, 0.05) is 5.56 Å². The molecule has 138 valence electrons. The molecule has 28 heavy (non-hydrogen) atoms. The van der Waals surface area contributed by atoms with Gasteiger partial charge in [0.25, 0.3) is 5.56 Å². The lowest BCUT2D eigenvalue weighted by atomic mass is 10.2. The molecule has 0 N–H and O–H groups in total. The van der Waals surface area contributed by atoms with E-state index in [1.165, 1.54) is 16.7 Å². The van der Waals surface area contributed by atoms with Crippen molar-refractivity contribution in [1.82, 2.24) is 4.57 Å². The van der Waals surface area contributed by atoms with E-state index in [-0.39, 0.29) is 20.3 Å². The second kappa shape index (κ2) is 8.34. The summed E-state index contributed by atoms with van der Waals surface area (Å²) in [5, 5.41) is 18.6. The predicted octanol–water partition coefficient (Wildman–Crippen LogP) is 2.46. The van der Waals surface area contributed by atoms with Gasteiger partial charge in [-0.15, -0.1) is 11.3 Å².